The summed E-state index contributed by atoms with van der Waals surface area (Å²) >= 11 is 1.93. The zero-order valence-electron chi connectivity index (χ0n) is 10.3. The predicted octanol–water partition coefficient (Wildman–Crippen LogP) is 1.76. The van der Waals surface area contributed by atoms with Crippen molar-refractivity contribution in [3.8, 4) is 0 Å². The maximum atomic E-state index is 11.5. The van der Waals surface area contributed by atoms with Gasteiger partial charge in [-0.25, -0.2) is 9.78 Å². The Morgan fingerprint density at radius 3 is 3.17 bits per heavy atom. The molecule has 0 radical (unpaired) electrons. The summed E-state index contributed by atoms with van der Waals surface area (Å²) in [5.74, 6) is 2.54. The highest BCUT2D eigenvalue weighted by atomic mass is 32.2. The first-order valence-corrected chi connectivity index (χ1v) is 7.04. The maximum Gasteiger partial charge on any atom is 0.340 e. The molecule has 1 unspecified atom stereocenters. The normalized spacial score (nSPS) is 19.3. The Labute approximate surface area is 110 Å². The van der Waals surface area contributed by atoms with E-state index in [2.05, 4.69) is 15.0 Å². The highest BCUT2D eigenvalue weighted by Gasteiger charge is 2.16. The summed E-state index contributed by atoms with van der Waals surface area (Å²) < 4.78 is 4.68. The maximum absolute atomic E-state index is 11.5. The molecule has 0 bridgehead atoms. The van der Waals surface area contributed by atoms with Crippen LogP contribution < -0.4 is 11.1 Å². The summed E-state index contributed by atoms with van der Waals surface area (Å²) in [5.41, 5.74) is 6.40. The van der Waals surface area contributed by atoms with Gasteiger partial charge in [0.05, 0.1) is 24.6 Å². The smallest absolute Gasteiger partial charge is 0.340 e. The van der Waals surface area contributed by atoms with Crippen molar-refractivity contribution in [3.63, 3.8) is 0 Å². The average molecular weight is 267 g/mol. The molecule has 5 nitrogen and oxygen atoms in total. The monoisotopic (exact) mass is 267 g/mol. The zero-order valence-corrected chi connectivity index (χ0v) is 11.1. The number of anilines is 2. The van der Waals surface area contributed by atoms with Gasteiger partial charge < -0.3 is 15.8 Å². The number of pyridine rings is 1. The fourth-order valence-electron chi connectivity index (χ4n) is 1.90. The Hall–Kier alpha value is -1.43. The molecule has 0 saturated carbocycles. The van der Waals surface area contributed by atoms with Crippen molar-refractivity contribution < 1.29 is 9.53 Å². The van der Waals surface area contributed by atoms with Crippen LogP contribution in [0.5, 0.6) is 0 Å². The van der Waals surface area contributed by atoms with Crippen LogP contribution in [0.3, 0.4) is 0 Å². The first kappa shape index (κ1) is 13.0. The molecular weight excluding hydrogens is 250 g/mol. The van der Waals surface area contributed by atoms with Crippen molar-refractivity contribution in [1.82, 2.24) is 4.98 Å². The van der Waals surface area contributed by atoms with Gasteiger partial charge in [0.2, 0.25) is 0 Å². The van der Waals surface area contributed by atoms with Crippen molar-refractivity contribution >= 4 is 29.2 Å². The summed E-state index contributed by atoms with van der Waals surface area (Å²) in [6, 6.07) is 2.06. The minimum Gasteiger partial charge on any atom is -0.465 e. The zero-order chi connectivity index (χ0) is 13.0. The number of nitrogens with one attached hydrogen (secondary N) is 1. The van der Waals surface area contributed by atoms with E-state index in [1.165, 1.54) is 25.5 Å². The van der Waals surface area contributed by atoms with Crippen LogP contribution in [0.25, 0.3) is 0 Å². The largest absolute Gasteiger partial charge is 0.465 e. The Morgan fingerprint density at radius 2 is 2.50 bits per heavy atom. The summed E-state index contributed by atoms with van der Waals surface area (Å²) in [4.78, 5) is 15.7. The molecule has 0 amide bonds. The number of hydrogen-bond acceptors (Lipinski definition) is 6. The molecule has 18 heavy (non-hydrogen) atoms. The van der Waals surface area contributed by atoms with Gasteiger partial charge in [0.15, 0.2) is 0 Å². The topological polar surface area (TPSA) is 77.2 Å². The third kappa shape index (κ3) is 3.07. The summed E-state index contributed by atoms with van der Waals surface area (Å²) in [6.45, 7) is 0. The number of aromatic nitrogens is 1. The van der Waals surface area contributed by atoms with Gasteiger partial charge >= 0.3 is 5.97 Å². The molecule has 1 aromatic heterocycles. The fraction of sp³-hybridized carbons (Fsp3) is 0.500. The highest BCUT2D eigenvalue weighted by Crippen LogP contribution is 2.22. The van der Waals surface area contributed by atoms with Gasteiger partial charge in [0.25, 0.3) is 0 Å². The number of nitrogens with zero attached hydrogens (tertiary/aromatic N) is 1. The lowest BCUT2D eigenvalue weighted by Gasteiger charge is -2.23. The minimum atomic E-state index is -0.434. The molecule has 1 atom stereocenters. The van der Waals surface area contributed by atoms with Crippen molar-refractivity contribution in [2.75, 3.05) is 29.7 Å². The number of nitrogen functional groups attached to an aromatic ring is 1. The van der Waals surface area contributed by atoms with Gasteiger partial charge in [-0.1, -0.05) is 0 Å². The standard InChI is InChI=1S/C12H17N3O2S/c1-17-12(16)9-5-11(14-6-10(9)13)15-8-3-2-4-18-7-8/h5-6,8H,2-4,7,13H2,1H3,(H,14,15). The van der Waals surface area contributed by atoms with Gasteiger partial charge in [0.1, 0.15) is 5.82 Å². The van der Waals surface area contributed by atoms with Crippen LogP contribution in [0.15, 0.2) is 12.3 Å². The SMILES string of the molecule is COC(=O)c1cc(NC2CCCSC2)ncc1N. The van der Waals surface area contributed by atoms with Crippen LogP contribution >= 0.6 is 11.8 Å². The van der Waals surface area contributed by atoms with E-state index in [0.29, 0.717) is 23.1 Å². The molecule has 6 heteroatoms. The molecule has 1 aliphatic rings. The molecular formula is C12H17N3O2S. The van der Waals surface area contributed by atoms with Crippen LogP contribution in [-0.2, 0) is 4.74 Å². The van der Waals surface area contributed by atoms with Crippen molar-refractivity contribution in [1.29, 1.82) is 0 Å². The molecule has 2 heterocycles. The lowest BCUT2D eigenvalue weighted by Crippen LogP contribution is -2.26. The fourth-order valence-corrected chi connectivity index (χ4v) is 2.97. The van der Waals surface area contributed by atoms with Gasteiger partial charge in [-0.2, -0.15) is 11.8 Å². The lowest BCUT2D eigenvalue weighted by atomic mass is 10.1. The Kier molecular flexibility index (Phi) is 4.30. The molecule has 1 aliphatic heterocycles. The lowest BCUT2D eigenvalue weighted by molar-refractivity contribution is 0.0602. The third-order valence-electron chi connectivity index (χ3n) is 2.85. The second-order valence-corrected chi connectivity index (χ2v) is 5.36. The molecule has 1 fully saturated rings. The molecule has 0 aliphatic carbocycles. The molecule has 1 saturated heterocycles. The number of hydrogen-bond donors (Lipinski definition) is 2. The number of thioether (sulfide) groups is 1. The number of esters is 1. The first-order valence-electron chi connectivity index (χ1n) is 5.89. The number of carbonyl (C=O) groups is 1. The predicted molar refractivity (Wildman–Crippen MR) is 74.0 cm³/mol. The summed E-state index contributed by atoms with van der Waals surface area (Å²) in [5, 5.41) is 3.33. The van der Waals surface area contributed by atoms with Gasteiger partial charge in [0, 0.05) is 11.8 Å². The van der Waals surface area contributed by atoms with Gasteiger partial charge in [-0.05, 0) is 24.7 Å². The van der Waals surface area contributed by atoms with E-state index in [0.717, 1.165) is 12.2 Å². The number of nitrogens with two attached hydrogens (primary N) is 1. The second kappa shape index (κ2) is 5.95. The summed E-state index contributed by atoms with van der Waals surface area (Å²) in [6.07, 6.45) is 3.83. The molecule has 2 rings (SSSR count). The third-order valence-corrected chi connectivity index (χ3v) is 4.07. The van der Waals surface area contributed by atoms with E-state index in [-0.39, 0.29) is 0 Å². The van der Waals surface area contributed by atoms with Crippen LogP contribution in [0.1, 0.15) is 23.2 Å². The van der Waals surface area contributed by atoms with E-state index in [1.807, 2.05) is 11.8 Å². The van der Waals surface area contributed by atoms with Gasteiger partial charge in [-0.15, -0.1) is 0 Å². The summed E-state index contributed by atoms with van der Waals surface area (Å²) in [7, 11) is 1.34. The average Bonchev–Trinajstić information content (AvgIpc) is 2.41. The Balaban J connectivity index is 2.11. The quantitative estimate of drug-likeness (QED) is 0.813. The van der Waals surface area contributed by atoms with Crippen LogP contribution in [0.2, 0.25) is 0 Å². The Morgan fingerprint density at radius 1 is 1.67 bits per heavy atom. The van der Waals surface area contributed by atoms with E-state index in [4.69, 9.17) is 5.73 Å². The van der Waals surface area contributed by atoms with Crippen LogP contribution in [0, 0.1) is 0 Å². The molecule has 1 aromatic rings. The van der Waals surface area contributed by atoms with Gasteiger partial charge in [-0.3, -0.25) is 0 Å². The molecule has 0 aromatic carbocycles. The first-order chi connectivity index (χ1) is 8.70. The van der Waals surface area contributed by atoms with Crippen LogP contribution in [-0.4, -0.2) is 35.6 Å². The minimum absolute atomic E-state index is 0.338. The molecule has 3 N–H and O–H groups in total. The van der Waals surface area contributed by atoms with Crippen molar-refractivity contribution in [2.24, 2.45) is 0 Å². The highest BCUT2D eigenvalue weighted by molar-refractivity contribution is 7.99. The van der Waals surface area contributed by atoms with E-state index in [9.17, 15) is 4.79 Å². The number of ether oxygens (including phenoxy) is 1. The van der Waals surface area contributed by atoms with E-state index in [1.54, 1.807) is 6.07 Å². The molecule has 0 spiro atoms. The van der Waals surface area contributed by atoms with E-state index < -0.39 is 5.97 Å². The van der Waals surface area contributed by atoms with Crippen molar-refractivity contribution in [2.45, 2.75) is 18.9 Å². The molecule has 98 valence electrons. The van der Waals surface area contributed by atoms with E-state index >= 15 is 0 Å². The number of rotatable bonds is 3. The number of carbonyl (C=O) groups excluding carboxylic acids is 1. The van der Waals surface area contributed by atoms with Crippen molar-refractivity contribution in [3.05, 3.63) is 17.8 Å². The second-order valence-electron chi connectivity index (χ2n) is 4.21. The van der Waals surface area contributed by atoms with Crippen LogP contribution in [0.4, 0.5) is 11.5 Å². The Bertz CT molecular complexity index is 433. The number of methoxy groups -OCH3 is 1.